The summed E-state index contributed by atoms with van der Waals surface area (Å²) in [6.07, 6.45) is 3.18. The fourth-order valence-corrected chi connectivity index (χ4v) is 1.75. The van der Waals surface area contributed by atoms with Crippen LogP contribution in [0.2, 0.25) is 0 Å². The van der Waals surface area contributed by atoms with Crippen molar-refractivity contribution in [1.29, 1.82) is 0 Å². The summed E-state index contributed by atoms with van der Waals surface area (Å²) in [5.74, 6) is 1.13. The minimum absolute atomic E-state index is 0.361. The van der Waals surface area contributed by atoms with Crippen molar-refractivity contribution < 1.29 is 0 Å². The second kappa shape index (κ2) is 4.61. The zero-order chi connectivity index (χ0) is 8.97. The van der Waals surface area contributed by atoms with Gasteiger partial charge in [0.15, 0.2) is 0 Å². The number of hydrogen-bond donors (Lipinski definition) is 1. The number of rotatable bonds is 4. The van der Waals surface area contributed by atoms with Crippen molar-refractivity contribution in [2.75, 3.05) is 12.0 Å². The van der Waals surface area contributed by atoms with E-state index in [9.17, 15) is 0 Å². The smallest absolute Gasteiger partial charge is 0.238 e. The van der Waals surface area contributed by atoms with Crippen LogP contribution in [0.3, 0.4) is 0 Å². The number of aromatic amines is 1. The molecule has 1 atom stereocenters. The molecule has 0 spiro atoms. The summed E-state index contributed by atoms with van der Waals surface area (Å²) in [6.45, 7) is 2.10. The fraction of sp³-hybridized carbons (Fsp3) is 0.833. The molecule has 0 radical (unpaired) electrons. The molecule has 0 aromatic carbocycles. The van der Waals surface area contributed by atoms with Crippen LogP contribution in [0.4, 0.5) is 0 Å². The third-order valence-corrected chi connectivity index (χ3v) is 2.60. The van der Waals surface area contributed by atoms with Crippen molar-refractivity contribution in [3.8, 4) is 0 Å². The van der Waals surface area contributed by atoms with Gasteiger partial charge in [-0.2, -0.15) is 17.0 Å². The van der Waals surface area contributed by atoms with Gasteiger partial charge in [0.1, 0.15) is 0 Å². The van der Waals surface area contributed by atoms with E-state index in [0.717, 1.165) is 12.2 Å². The van der Waals surface area contributed by atoms with Gasteiger partial charge in [-0.1, -0.05) is 10.3 Å². The lowest BCUT2D eigenvalue weighted by atomic mass is 10.3. The van der Waals surface area contributed by atoms with Crippen molar-refractivity contribution in [3.63, 3.8) is 0 Å². The van der Waals surface area contributed by atoms with E-state index in [1.54, 1.807) is 0 Å². The predicted octanol–water partition coefficient (Wildman–Crippen LogP) is 1.65. The molecule has 0 saturated heterocycles. The molecule has 6 heteroatoms. The van der Waals surface area contributed by atoms with Crippen molar-refractivity contribution in [2.45, 2.75) is 19.4 Å². The molecule has 1 unspecified atom stereocenters. The van der Waals surface area contributed by atoms with Crippen LogP contribution in [0.25, 0.3) is 0 Å². The Labute approximate surface area is 80.7 Å². The summed E-state index contributed by atoms with van der Waals surface area (Å²) < 4.78 is 2.34. The fourth-order valence-electron chi connectivity index (χ4n) is 0.909. The Morgan fingerprint density at radius 2 is 2.50 bits per heavy atom. The largest absolute Gasteiger partial charge is 0.240 e. The van der Waals surface area contributed by atoms with Crippen LogP contribution in [-0.2, 0) is 0 Å². The molecule has 1 rings (SSSR count). The van der Waals surface area contributed by atoms with E-state index in [4.69, 9.17) is 12.2 Å². The molecule has 12 heavy (non-hydrogen) atoms. The van der Waals surface area contributed by atoms with Crippen LogP contribution < -0.4 is 0 Å². The monoisotopic (exact) mass is 204 g/mol. The second-order valence-corrected chi connectivity index (χ2v) is 3.93. The Kier molecular flexibility index (Phi) is 3.74. The standard InChI is InChI=1S/C6H12N4S2/c1-5(3-4-12-2)10-6(11)7-8-9-10/h5H,3-4H2,1-2H3,(H,7,9,11). The first-order chi connectivity index (χ1) is 5.75. The summed E-state index contributed by atoms with van der Waals surface area (Å²) >= 11 is 6.79. The van der Waals surface area contributed by atoms with E-state index in [0.29, 0.717) is 10.8 Å². The van der Waals surface area contributed by atoms with E-state index in [1.165, 1.54) is 0 Å². The average molecular weight is 204 g/mol. The van der Waals surface area contributed by atoms with E-state index >= 15 is 0 Å². The lowest BCUT2D eigenvalue weighted by Gasteiger charge is -2.09. The van der Waals surface area contributed by atoms with Gasteiger partial charge in [-0.25, -0.2) is 4.68 Å². The van der Waals surface area contributed by atoms with Crippen LogP contribution in [0.1, 0.15) is 19.4 Å². The maximum Gasteiger partial charge on any atom is 0.238 e. The van der Waals surface area contributed by atoms with Gasteiger partial charge in [-0.3, -0.25) is 0 Å². The quantitative estimate of drug-likeness (QED) is 0.758. The highest BCUT2D eigenvalue weighted by Crippen LogP contribution is 2.11. The van der Waals surface area contributed by atoms with Gasteiger partial charge in [0.2, 0.25) is 4.77 Å². The number of aromatic nitrogens is 4. The number of thioether (sulfide) groups is 1. The predicted molar refractivity (Wildman–Crippen MR) is 52.9 cm³/mol. The van der Waals surface area contributed by atoms with Gasteiger partial charge < -0.3 is 0 Å². The van der Waals surface area contributed by atoms with Crippen LogP contribution in [0.5, 0.6) is 0 Å². The van der Waals surface area contributed by atoms with Crippen LogP contribution in [0, 0.1) is 4.77 Å². The molecule has 0 aliphatic carbocycles. The van der Waals surface area contributed by atoms with E-state index in [2.05, 4.69) is 28.7 Å². The summed E-state index contributed by atoms with van der Waals surface area (Å²) in [5.41, 5.74) is 0. The minimum atomic E-state index is 0.361. The SMILES string of the molecule is CSCCC(C)n1[nH]nnc1=S. The lowest BCUT2D eigenvalue weighted by Crippen LogP contribution is -2.08. The van der Waals surface area contributed by atoms with Crippen molar-refractivity contribution in [3.05, 3.63) is 4.77 Å². The first kappa shape index (κ1) is 9.73. The Hall–Kier alpha value is -0.360. The topological polar surface area (TPSA) is 46.5 Å². The van der Waals surface area contributed by atoms with Crippen LogP contribution in [-0.4, -0.2) is 32.2 Å². The summed E-state index contributed by atoms with van der Waals surface area (Å²) in [5, 5.41) is 10.1. The first-order valence-corrected chi connectivity index (χ1v) is 5.54. The van der Waals surface area contributed by atoms with Crippen molar-refractivity contribution >= 4 is 24.0 Å². The van der Waals surface area contributed by atoms with E-state index in [1.807, 2.05) is 16.4 Å². The third kappa shape index (κ3) is 2.31. The zero-order valence-corrected chi connectivity index (χ0v) is 8.78. The zero-order valence-electron chi connectivity index (χ0n) is 7.15. The highest BCUT2D eigenvalue weighted by atomic mass is 32.2. The molecule has 68 valence electrons. The Morgan fingerprint density at radius 3 is 3.00 bits per heavy atom. The Bertz CT molecular complexity index is 279. The number of tetrazole rings is 1. The maximum atomic E-state index is 4.96. The third-order valence-electron chi connectivity index (χ3n) is 1.67. The highest BCUT2D eigenvalue weighted by molar-refractivity contribution is 7.98. The summed E-state index contributed by atoms with van der Waals surface area (Å²) in [4.78, 5) is 0. The van der Waals surface area contributed by atoms with Crippen LogP contribution in [0.15, 0.2) is 0 Å². The minimum Gasteiger partial charge on any atom is -0.240 e. The molecule has 0 bridgehead atoms. The highest BCUT2D eigenvalue weighted by Gasteiger charge is 2.05. The van der Waals surface area contributed by atoms with Gasteiger partial charge in [0.25, 0.3) is 0 Å². The second-order valence-electron chi connectivity index (χ2n) is 2.58. The molecule has 0 aliphatic heterocycles. The Balaban J connectivity index is 2.59. The molecule has 1 heterocycles. The van der Waals surface area contributed by atoms with Crippen molar-refractivity contribution in [1.82, 2.24) is 20.2 Å². The molecule has 1 aromatic rings. The molecule has 1 N–H and O–H groups in total. The van der Waals surface area contributed by atoms with E-state index < -0.39 is 0 Å². The van der Waals surface area contributed by atoms with Crippen LogP contribution >= 0.6 is 24.0 Å². The van der Waals surface area contributed by atoms with Gasteiger partial charge in [-0.15, -0.1) is 0 Å². The molecule has 0 aliphatic rings. The summed E-state index contributed by atoms with van der Waals surface area (Å²) in [7, 11) is 0. The van der Waals surface area contributed by atoms with Gasteiger partial charge >= 0.3 is 0 Å². The number of nitrogens with zero attached hydrogens (tertiary/aromatic N) is 3. The molecule has 0 saturated carbocycles. The first-order valence-electron chi connectivity index (χ1n) is 3.74. The molecular weight excluding hydrogens is 192 g/mol. The molecule has 4 nitrogen and oxygen atoms in total. The maximum absolute atomic E-state index is 4.96. The van der Waals surface area contributed by atoms with E-state index in [-0.39, 0.29) is 0 Å². The molecular formula is C6H12N4S2. The van der Waals surface area contributed by atoms with Gasteiger partial charge in [0, 0.05) is 0 Å². The molecule has 1 aromatic heterocycles. The average Bonchev–Trinajstić information content (AvgIpc) is 2.47. The number of nitrogens with one attached hydrogen (secondary N) is 1. The molecule has 0 fully saturated rings. The number of hydrogen-bond acceptors (Lipinski definition) is 4. The summed E-state index contributed by atoms with van der Waals surface area (Å²) in [6, 6.07) is 0.361. The van der Waals surface area contributed by atoms with Gasteiger partial charge in [-0.05, 0) is 37.6 Å². The Morgan fingerprint density at radius 1 is 1.75 bits per heavy atom. The lowest BCUT2D eigenvalue weighted by molar-refractivity contribution is 0.462. The van der Waals surface area contributed by atoms with Crippen molar-refractivity contribution in [2.24, 2.45) is 0 Å². The molecule has 0 amide bonds. The van der Waals surface area contributed by atoms with Gasteiger partial charge in [0.05, 0.1) is 6.04 Å². The normalized spacial score (nSPS) is 13.2. The number of H-pyrrole nitrogens is 1.